The van der Waals surface area contributed by atoms with Crippen LogP contribution in [0.3, 0.4) is 0 Å². The van der Waals surface area contributed by atoms with E-state index in [1.54, 1.807) is 43.4 Å². The van der Waals surface area contributed by atoms with Crippen molar-refractivity contribution >= 4 is 28.7 Å². The van der Waals surface area contributed by atoms with E-state index in [4.69, 9.17) is 16.2 Å². The van der Waals surface area contributed by atoms with Gasteiger partial charge in [-0.25, -0.2) is 4.79 Å². The largest absolute Gasteiger partial charge is 0.408 e. The quantitative estimate of drug-likeness (QED) is 0.342. The van der Waals surface area contributed by atoms with Crippen LogP contribution in [0.15, 0.2) is 0 Å². The summed E-state index contributed by atoms with van der Waals surface area (Å²) < 4.78 is 8.17. The molecule has 12 heavy (non-hydrogen) atoms. The standard InChI is InChI=1S/C6H13IN2O3/c1-5(2,3)12-6(7,9)11-4(8)10/h9H2,1-3H3,(H2,8,10). The Hall–Kier alpha value is -0.0800. The molecule has 0 aromatic carbocycles. The van der Waals surface area contributed by atoms with E-state index in [0.717, 1.165) is 0 Å². The van der Waals surface area contributed by atoms with Crippen LogP contribution in [0.25, 0.3) is 0 Å². The molecule has 0 bridgehead atoms. The maximum atomic E-state index is 10.3. The number of halogens is 1. The maximum absolute atomic E-state index is 10.3. The lowest BCUT2D eigenvalue weighted by atomic mass is 10.2. The van der Waals surface area contributed by atoms with Gasteiger partial charge in [-0.3, -0.25) is 5.73 Å². The fourth-order valence-electron chi connectivity index (χ4n) is 0.576. The molecule has 0 spiro atoms. The molecule has 4 N–H and O–H groups in total. The highest BCUT2D eigenvalue weighted by molar-refractivity contribution is 14.1. The average Bonchev–Trinajstić information content (AvgIpc) is 1.48. The van der Waals surface area contributed by atoms with Crippen molar-refractivity contribution in [2.24, 2.45) is 11.5 Å². The van der Waals surface area contributed by atoms with Gasteiger partial charge < -0.3 is 15.2 Å². The van der Waals surface area contributed by atoms with E-state index in [1.807, 2.05) is 0 Å². The molecule has 0 rings (SSSR count). The molecule has 72 valence electrons. The molecule has 6 heteroatoms. The van der Waals surface area contributed by atoms with Gasteiger partial charge >= 0.3 is 10.0 Å². The number of hydrogen-bond donors (Lipinski definition) is 2. The number of carbonyl (C=O) groups excluding carboxylic acids is 1. The summed E-state index contributed by atoms with van der Waals surface area (Å²) in [6, 6.07) is 0. The van der Waals surface area contributed by atoms with Gasteiger partial charge in [-0.05, 0) is 20.8 Å². The maximum Gasteiger partial charge on any atom is 0.408 e. The lowest BCUT2D eigenvalue weighted by Gasteiger charge is -2.29. The summed E-state index contributed by atoms with van der Waals surface area (Å²) in [6.45, 7) is 5.37. The Labute approximate surface area is 84.9 Å². The molecule has 0 saturated carbocycles. The summed E-state index contributed by atoms with van der Waals surface area (Å²) in [6.07, 6.45) is -0.962. The molecule has 0 aliphatic heterocycles. The first-order chi connectivity index (χ1) is 5.12. The molecule has 5 nitrogen and oxygen atoms in total. The Morgan fingerprint density at radius 1 is 1.42 bits per heavy atom. The molecular formula is C6H13IN2O3. The number of primary amides is 1. The van der Waals surface area contributed by atoms with Crippen LogP contribution >= 0.6 is 22.6 Å². The first-order valence-corrected chi connectivity index (χ1v) is 4.37. The van der Waals surface area contributed by atoms with Crippen molar-refractivity contribution in [3.63, 3.8) is 0 Å². The van der Waals surface area contributed by atoms with Crippen molar-refractivity contribution in [1.82, 2.24) is 0 Å². The van der Waals surface area contributed by atoms with Crippen molar-refractivity contribution in [3.05, 3.63) is 0 Å². The van der Waals surface area contributed by atoms with Gasteiger partial charge in [0, 0.05) is 22.6 Å². The van der Waals surface area contributed by atoms with Crippen molar-refractivity contribution in [2.45, 2.75) is 30.3 Å². The minimum Gasteiger partial charge on any atom is -0.394 e. The molecule has 1 atom stereocenters. The summed E-state index contributed by atoms with van der Waals surface area (Å²) in [7, 11) is 0. The molecule has 0 saturated heterocycles. The fourth-order valence-corrected chi connectivity index (χ4v) is 1.45. The number of alkyl halides is 1. The molecule has 1 amide bonds. The van der Waals surface area contributed by atoms with Gasteiger partial charge in [0.25, 0.3) is 0 Å². The third kappa shape index (κ3) is 6.62. The van der Waals surface area contributed by atoms with Crippen molar-refractivity contribution in [1.29, 1.82) is 0 Å². The average molecular weight is 288 g/mol. The van der Waals surface area contributed by atoms with Crippen LogP contribution in [0.2, 0.25) is 0 Å². The summed E-state index contributed by atoms with van der Waals surface area (Å²) in [5.41, 5.74) is 9.72. The second-order valence-electron chi connectivity index (χ2n) is 3.22. The van der Waals surface area contributed by atoms with Crippen LogP contribution in [-0.2, 0) is 9.47 Å². The predicted octanol–water partition coefficient (Wildman–Crippen LogP) is 0.902. The molecule has 0 aromatic rings. The topological polar surface area (TPSA) is 87.6 Å². The second-order valence-corrected chi connectivity index (χ2v) is 4.72. The first kappa shape index (κ1) is 11.9. The van der Waals surface area contributed by atoms with Crippen LogP contribution in [0.1, 0.15) is 20.8 Å². The van der Waals surface area contributed by atoms with Gasteiger partial charge in [0.15, 0.2) is 0 Å². The highest BCUT2D eigenvalue weighted by atomic mass is 127. The van der Waals surface area contributed by atoms with E-state index >= 15 is 0 Å². The van der Waals surface area contributed by atoms with Crippen LogP contribution in [0.5, 0.6) is 0 Å². The van der Waals surface area contributed by atoms with Crippen LogP contribution in [0.4, 0.5) is 4.79 Å². The van der Waals surface area contributed by atoms with E-state index in [2.05, 4.69) is 4.74 Å². The van der Waals surface area contributed by atoms with E-state index in [1.165, 1.54) is 0 Å². The van der Waals surface area contributed by atoms with Gasteiger partial charge in [0.1, 0.15) is 0 Å². The molecule has 0 radical (unpaired) electrons. The van der Waals surface area contributed by atoms with Crippen LogP contribution in [-0.4, -0.2) is 15.6 Å². The molecular weight excluding hydrogens is 275 g/mol. The van der Waals surface area contributed by atoms with Gasteiger partial charge in [-0.1, -0.05) is 0 Å². The minimum absolute atomic E-state index is 0.495. The molecule has 0 aromatic heterocycles. The van der Waals surface area contributed by atoms with E-state index < -0.39 is 15.6 Å². The second kappa shape index (κ2) is 3.75. The third-order valence-electron chi connectivity index (χ3n) is 0.685. The van der Waals surface area contributed by atoms with E-state index in [0.29, 0.717) is 0 Å². The van der Waals surface area contributed by atoms with Gasteiger partial charge in [-0.2, -0.15) is 0 Å². The summed E-state index contributed by atoms with van der Waals surface area (Å²) in [5, 5.41) is 0. The zero-order chi connectivity index (χ0) is 9.99. The lowest BCUT2D eigenvalue weighted by Crippen LogP contribution is -2.47. The Morgan fingerprint density at radius 3 is 2.08 bits per heavy atom. The predicted molar refractivity (Wildman–Crippen MR) is 52.4 cm³/mol. The number of nitrogens with two attached hydrogens (primary N) is 2. The smallest absolute Gasteiger partial charge is 0.394 e. The fraction of sp³-hybridized carbons (Fsp3) is 0.833. The van der Waals surface area contributed by atoms with Crippen molar-refractivity contribution in [3.8, 4) is 0 Å². The number of amides is 1. The highest BCUT2D eigenvalue weighted by Crippen LogP contribution is 2.22. The zero-order valence-electron chi connectivity index (χ0n) is 7.26. The third-order valence-corrected chi connectivity index (χ3v) is 1.13. The number of carbonyl (C=O) groups is 1. The highest BCUT2D eigenvalue weighted by Gasteiger charge is 2.31. The minimum atomic E-state index is -1.50. The molecule has 0 aliphatic carbocycles. The monoisotopic (exact) mass is 288 g/mol. The Bertz CT molecular complexity index is 176. The summed E-state index contributed by atoms with van der Waals surface area (Å²) in [5.74, 6) is 0. The van der Waals surface area contributed by atoms with Crippen LogP contribution in [0, 0.1) is 0 Å². The van der Waals surface area contributed by atoms with Crippen LogP contribution < -0.4 is 11.5 Å². The normalized spacial score (nSPS) is 16.8. The summed E-state index contributed by atoms with van der Waals surface area (Å²) >= 11 is 1.65. The summed E-state index contributed by atoms with van der Waals surface area (Å²) in [4.78, 5) is 10.3. The van der Waals surface area contributed by atoms with Gasteiger partial charge in [0.05, 0.1) is 5.60 Å². The number of ether oxygens (including phenoxy) is 2. The van der Waals surface area contributed by atoms with E-state index in [-0.39, 0.29) is 0 Å². The molecule has 0 heterocycles. The molecule has 1 unspecified atom stereocenters. The molecule has 0 aliphatic rings. The molecule has 0 fully saturated rings. The number of rotatable bonds is 2. The lowest BCUT2D eigenvalue weighted by molar-refractivity contribution is -0.173. The Morgan fingerprint density at radius 2 is 1.83 bits per heavy atom. The first-order valence-electron chi connectivity index (χ1n) is 3.29. The zero-order valence-corrected chi connectivity index (χ0v) is 9.41. The Balaban J connectivity index is 4.13. The van der Waals surface area contributed by atoms with Crippen molar-refractivity contribution in [2.75, 3.05) is 0 Å². The Kier molecular flexibility index (Phi) is 3.73. The van der Waals surface area contributed by atoms with Gasteiger partial charge in [-0.15, -0.1) is 0 Å². The van der Waals surface area contributed by atoms with E-state index in [9.17, 15) is 4.79 Å². The van der Waals surface area contributed by atoms with Crippen molar-refractivity contribution < 1.29 is 14.3 Å². The SMILES string of the molecule is CC(C)(C)OC(N)(I)OC(N)=O. The van der Waals surface area contributed by atoms with Gasteiger partial charge in [0.2, 0.25) is 0 Å². The number of hydrogen-bond acceptors (Lipinski definition) is 4.